The summed E-state index contributed by atoms with van der Waals surface area (Å²) in [5, 5.41) is 3.05. The summed E-state index contributed by atoms with van der Waals surface area (Å²) < 4.78 is 0. The first-order valence-corrected chi connectivity index (χ1v) is 6.92. The Kier molecular flexibility index (Phi) is 4.73. The van der Waals surface area contributed by atoms with Crippen molar-refractivity contribution in [1.29, 1.82) is 0 Å². The Morgan fingerprint density at radius 3 is 3.11 bits per heavy atom. The van der Waals surface area contributed by atoms with Crippen LogP contribution >= 0.6 is 0 Å². The van der Waals surface area contributed by atoms with Gasteiger partial charge in [0.05, 0.1) is 0 Å². The maximum absolute atomic E-state index is 12.0. The average Bonchev–Trinajstić information content (AvgIpc) is 2.40. The molecule has 0 aromatic carbocycles. The molecule has 0 radical (unpaired) electrons. The van der Waals surface area contributed by atoms with E-state index in [-0.39, 0.29) is 11.8 Å². The molecule has 0 bridgehead atoms. The number of pyridine rings is 1. The molecule has 1 N–H and O–H groups in total. The van der Waals surface area contributed by atoms with Crippen LogP contribution in [0.3, 0.4) is 0 Å². The van der Waals surface area contributed by atoms with Crippen molar-refractivity contribution < 1.29 is 4.79 Å². The topological polar surface area (TPSA) is 42.0 Å². The molecule has 3 heteroatoms. The fourth-order valence-corrected chi connectivity index (χ4v) is 2.69. The van der Waals surface area contributed by atoms with Crippen LogP contribution in [0.2, 0.25) is 0 Å². The van der Waals surface area contributed by atoms with Crippen molar-refractivity contribution in [3.63, 3.8) is 0 Å². The summed E-state index contributed by atoms with van der Waals surface area (Å²) in [5.74, 6) is 1.18. The number of carbonyl (C=O) groups is 1. The third kappa shape index (κ3) is 3.83. The third-order valence-corrected chi connectivity index (χ3v) is 3.74. The van der Waals surface area contributed by atoms with Crippen LogP contribution in [0.1, 0.15) is 38.2 Å². The Morgan fingerprint density at radius 2 is 2.39 bits per heavy atom. The lowest BCUT2D eigenvalue weighted by molar-refractivity contribution is -0.126. The van der Waals surface area contributed by atoms with Gasteiger partial charge in [0, 0.05) is 24.9 Å². The summed E-state index contributed by atoms with van der Waals surface area (Å²) in [6.45, 7) is 2.96. The summed E-state index contributed by atoms with van der Waals surface area (Å²) in [5.41, 5.74) is 1.18. The van der Waals surface area contributed by atoms with Crippen molar-refractivity contribution in [2.24, 2.45) is 11.8 Å². The molecule has 0 saturated heterocycles. The zero-order chi connectivity index (χ0) is 12.8. The lowest BCUT2D eigenvalue weighted by Crippen LogP contribution is -2.34. The van der Waals surface area contributed by atoms with E-state index < -0.39 is 0 Å². The SMILES string of the molecule is CC1CCCC(C(=O)NCCc2cccnc2)C1. The van der Waals surface area contributed by atoms with Crippen LogP contribution in [-0.2, 0) is 11.2 Å². The van der Waals surface area contributed by atoms with Gasteiger partial charge < -0.3 is 5.32 Å². The van der Waals surface area contributed by atoms with Crippen molar-refractivity contribution in [2.45, 2.75) is 39.0 Å². The lowest BCUT2D eigenvalue weighted by Gasteiger charge is -2.25. The second kappa shape index (κ2) is 6.53. The highest BCUT2D eigenvalue weighted by molar-refractivity contribution is 5.78. The van der Waals surface area contributed by atoms with Crippen molar-refractivity contribution in [2.75, 3.05) is 6.54 Å². The predicted octanol–water partition coefficient (Wildman–Crippen LogP) is 2.57. The first-order valence-electron chi connectivity index (χ1n) is 6.92. The maximum atomic E-state index is 12.0. The first-order chi connectivity index (χ1) is 8.75. The molecular formula is C15H22N2O. The summed E-state index contributed by atoms with van der Waals surface area (Å²) in [6, 6.07) is 3.97. The fraction of sp³-hybridized carbons (Fsp3) is 0.600. The molecule has 2 rings (SSSR count). The van der Waals surface area contributed by atoms with Gasteiger partial charge in [0.25, 0.3) is 0 Å². The molecule has 1 saturated carbocycles. The molecule has 1 fully saturated rings. The highest BCUT2D eigenvalue weighted by Crippen LogP contribution is 2.28. The Labute approximate surface area is 109 Å². The summed E-state index contributed by atoms with van der Waals surface area (Å²) >= 11 is 0. The molecule has 18 heavy (non-hydrogen) atoms. The van der Waals surface area contributed by atoms with Gasteiger partial charge in [-0.3, -0.25) is 9.78 Å². The van der Waals surface area contributed by atoms with Crippen LogP contribution in [0.15, 0.2) is 24.5 Å². The van der Waals surface area contributed by atoms with E-state index in [0.29, 0.717) is 5.92 Å². The van der Waals surface area contributed by atoms with E-state index in [1.54, 1.807) is 6.20 Å². The van der Waals surface area contributed by atoms with E-state index in [1.165, 1.54) is 18.4 Å². The summed E-state index contributed by atoms with van der Waals surface area (Å²) in [7, 11) is 0. The van der Waals surface area contributed by atoms with Gasteiger partial charge in [-0.1, -0.05) is 25.8 Å². The molecule has 1 aromatic heterocycles. The van der Waals surface area contributed by atoms with Gasteiger partial charge in [-0.15, -0.1) is 0 Å². The molecule has 1 amide bonds. The van der Waals surface area contributed by atoms with Crippen LogP contribution in [0.4, 0.5) is 0 Å². The van der Waals surface area contributed by atoms with Gasteiger partial charge in [-0.25, -0.2) is 0 Å². The quantitative estimate of drug-likeness (QED) is 0.887. The molecule has 1 aliphatic carbocycles. The molecule has 98 valence electrons. The molecule has 3 nitrogen and oxygen atoms in total. The van der Waals surface area contributed by atoms with Crippen molar-refractivity contribution >= 4 is 5.91 Å². The van der Waals surface area contributed by atoms with E-state index in [9.17, 15) is 4.79 Å². The standard InChI is InChI=1S/C15H22N2O/c1-12-4-2-6-14(10-12)15(18)17-9-7-13-5-3-8-16-11-13/h3,5,8,11-12,14H,2,4,6-7,9-10H2,1H3,(H,17,18). The minimum absolute atomic E-state index is 0.239. The number of hydrogen-bond donors (Lipinski definition) is 1. The monoisotopic (exact) mass is 246 g/mol. The van der Waals surface area contributed by atoms with Gasteiger partial charge in [0.1, 0.15) is 0 Å². The van der Waals surface area contributed by atoms with Gasteiger partial charge in [0.2, 0.25) is 5.91 Å². The highest BCUT2D eigenvalue weighted by Gasteiger charge is 2.24. The number of rotatable bonds is 4. The average molecular weight is 246 g/mol. The van der Waals surface area contributed by atoms with Crippen molar-refractivity contribution in [3.05, 3.63) is 30.1 Å². The normalized spacial score (nSPS) is 23.6. The van der Waals surface area contributed by atoms with Gasteiger partial charge in [-0.05, 0) is 36.8 Å². The van der Waals surface area contributed by atoms with Gasteiger partial charge in [0.15, 0.2) is 0 Å². The Morgan fingerprint density at radius 1 is 1.50 bits per heavy atom. The number of amides is 1. The summed E-state index contributed by atoms with van der Waals surface area (Å²) in [6.07, 6.45) is 9.07. The fourth-order valence-electron chi connectivity index (χ4n) is 2.69. The molecule has 2 unspecified atom stereocenters. The second-order valence-corrected chi connectivity index (χ2v) is 5.37. The number of nitrogens with one attached hydrogen (secondary N) is 1. The minimum Gasteiger partial charge on any atom is -0.356 e. The van der Waals surface area contributed by atoms with Crippen LogP contribution in [0.25, 0.3) is 0 Å². The minimum atomic E-state index is 0.239. The number of aromatic nitrogens is 1. The zero-order valence-corrected chi connectivity index (χ0v) is 11.1. The molecule has 2 atom stereocenters. The Hall–Kier alpha value is -1.38. The first kappa shape index (κ1) is 13.1. The third-order valence-electron chi connectivity index (χ3n) is 3.74. The van der Waals surface area contributed by atoms with Gasteiger partial charge in [-0.2, -0.15) is 0 Å². The van der Waals surface area contributed by atoms with E-state index >= 15 is 0 Å². The molecule has 1 aromatic rings. The van der Waals surface area contributed by atoms with Crippen LogP contribution in [0.5, 0.6) is 0 Å². The number of hydrogen-bond acceptors (Lipinski definition) is 2. The molecular weight excluding hydrogens is 224 g/mol. The molecule has 0 spiro atoms. The Balaban J connectivity index is 1.71. The van der Waals surface area contributed by atoms with E-state index in [0.717, 1.165) is 25.8 Å². The van der Waals surface area contributed by atoms with E-state index in [4.69, 9.17) is 0 Å². The number of carbonyl (C=O) groups excluding carboxylic acids is 1. The maximum Gasteiger partial charge on any atom is 0.223 e. The predicted molar refractivity (Wildman–Crippen MR) is 72.1 cm³/mol. The molecule has 1 heterocycles. The Bertz CT molecular complexity index is 377. The number of nitrogens with zero attached hydrogens (tertiary/aromatic N) is 1. The highest BCUT2D eigenvalue weighted by atomic mass is 16.1. The lowest BCUT2D eigenvalue weighted by atomic mass is 9.82. The van der Waals surface area contributed by atoms with Crippen LogP contribution in [0, 0.1) is 11.8 Å². The zero-order valence-electron chi connectivity index (χ0n) is 11.1. The van der Waals surface area contributed by atoms with Gasteiger partial charge >= 0.3 is 0 Å². The van der Waals surface area contributed by atoms with Crippen molar-refractivity contribution in [3.8, 4) is 0 Å². The van der Waals surface area contributed by atoms with Crippen LogP contribution < -0.4 is 5.32 Å². The largest absolute Gasteiger partial charge is 0.356 e. The van der Waals surface area contributed by atoms with E-state index in [1.807, 2.05) is 18.3 Å². The van der Waals surface area contributed by atoms with Crippen LogP contribution in [-0.4, -0.2) is 17.4 Å². The molecule has 0 aliphatic heterocycles. The van der Waals surface area contributed by atoms with Crippen molar-refractivity contribution in [1.82, 2.24) is 10.3 Å². The smallest absolute Gasteiger partial charge is 0.223 e. The summed E-state index contributed by atoms with van der Waals surface area (Å²) in [4.78, 5) is 16.1. The molecule has 1 aliphatic rings. The van der Waals surface area contributed by atoms with E-state index in [2.05, 4.69) is 17.2 Å². The second-order valence-electron chi connectivity index (χ2n) is 5.37.